The molecule has 0 aromatic heterocycles. The molecule has 0 aromatic rings. The summed E-state index contributed by atoms with van der Waals surface area (Å²) in [5, 5.41) is 11.9. The molecule has 1 fully saturated rings. The molecule has 0 spiro atoms. The summed E-state index contributed by atoms with van der Waals surface area (Å²) in [5.41, 5.74) is 0. The van der Waals surface area contributed by atoms with Crippen LogP contribution >= 0.6 is 0 Å². The van der Waals surface area contributed by atoms with Crippen LogP contribution in [0.4, 0.5) is 0 Å². The van der Waals surface area contributed by atoms with Gasteiger partial charge in [0.15, 0.2) is 0 Å². The molecule has 2 rings (SSSR count). The Morgan fingerprint density at radius 2 is 2.29 bits per heavy atom. The van der Waals surface area contributed by atoms with Crippen LogP contribution in [-0.2, 0) is 4.79 Å². The lowest BCUT2D eigenvalue weighted by molar-refractivity contribution is -0.125. The second-order valence-corrected chi connectivity index (χ2v) is 5.61. The first-order valence-corrected chi connectivity index (χ1v) is 6.77. The average molecular weight is 237 g/mol. The van der Waals surface area contributed by atoms with Gasteiger partial charge in [0.1, 0.15) is 0 Å². The van der Waals surface area contributed by atoms with E-state index in [1.165, 1.54) is 6.42 Å². The van der Waals surface area contributed by atoms with E-state index >= 15 is 0 Å². The van der Waals surface area contributed by atoms with Gasteiger partial charge in [-0.2, -0.15) is 0 Å². The van der Waals surface area contributed by atoms with E-state index in [9.17, 15) is 4.79 Å². The number of fused-ring (bicyclic) bond motifs is 2. The molecule has 2 aliphatic rings. The zero-order valence-corrected chi connectivity index (χ0v) is 10.6. The summed E-state index contributed by atoms with van der Waals surface area (Å²) in [5.74, 6) is 1.96. The number of aliphatic hydroxyl groups excluding tert-OH is 1. The van der Waals surface area contributed by atoms with E-state index in [0.29, 0.717) is 17.8 Å². The molecular weight excluding hydrogens is 214 g/mol. The summed E-state index contributed by atoms with van der Waals surface area (Å²) >= 11 is 0. The van der Waals surface area contributed by atoms with E-state index in [4.69, 9.17) is 5.11 Å². The molecule has 2 N–H and O–H groups in total. The van der Waals surface area contributed by atoms with Gasteiger partial charge in [0.2, 0.25) is 5.91 Å². The van der Waals surface area contributed by atoms with Crippen molar-refractivity contribution in [1.82, 2.24) is 5.32 Å². The second kappa shape index (κ2) is 5.67. The van der Waals surface area contributed by atoms with Crippen molar-refractivity contribution in [2.75, 3.05) is 13.2 Å². The van der Waals surface area contributed by atoms with Crippen LogP contribution in [0.3, 0.4) is 0 Å². The van der Waals surface area contributed by atoms with Gasteiger partial charge in [-0.15, -0.1) is 0 Å². The van der Waals surface area contributed by atoms with Gasteiger partial charge in [0.05, 0.1) is 0 Å². The maximum Gasteiger partial charge on any atom is 0.223 e. The molecular formula is C14H23NO2. The largest absolute Gasteiger partial charge is 0.396 e. The molecule has 4 atom stereocenters. The number of allylic oxidation sites excluding steroid dienone is 2. The van der Waals surface area contributed by atoms with Gasteiger partial charge in [-0.3, -0.25) is 4.79 Å². The number of aliphatic hydroxyl groups is 1. The van der Waals surface area contributed by atoms with Gasteiger partial charge >= 0.3 is 0 Å². The zero-order chi connectivity index (χ0) is 12.3. The second-order valence-electron chi connectivity index (χ2n) is 5.61. The van der Waals surface area contributed by atoms with Crippen molar-refractivity contribution < 1.29 is 9.90 Å². The fourth-order valence-electron chi connectivity index (χ4n) is 2.97. The molecule has 1 saturated carbocycles. The van der Waals surface area contributed by atoms with Crippen molar-refractivity contribution >= 4 is 5.91 Å². The minimum Gasteiger partial charge on any atom is -0.396 e. The van der Waals surface area contributed by atoms with E-state index in [0.717, 1.165) is 25.8 Å². The highest BCUT2D eigenvalue weighted by Crippen LogP contribution is 2.43. The van der Waals surface area contributed by atoms with Gasteiger partial charge in [-0.25, -0.2) is 0 Å². The van der Waals surface area contributed by atoms with Crippen molar-refractivity contribution in [3.63, 3.8) is 0 Å². The predicted octanol–water partition coefficient (Wildman–Crippen LogP) is 1.72. The van der Waals surface area contributed by atoms with Crippen LogP contribution in [0.2, 0.25) is 0 Å². The van der Waals surface area contributed by atoms with E-state index < -0.39 is 0 Å². The number of nitrogens with one attached hydrogen (secondary N) is 1. The number of carbonyl (C=O) groups is 1. The van der Waals surface area contributed by atoms with Crippen LogP contribution in [0.1, 0.15) is 32.6 Å². The molecule has 96 valence electrons. The highest BCUT2D eigenvalue weighted by molar-refractivity contribution is 5.79. The van der Waals surface area contributed by atoms with Crippen LogP contribution in [-0.4, -0.2) is 24.2 Å². The van der Waals surface area contributed by atoms with E-state index in [1.54, 1.807) is 0 Å². The van der Waals surface area contributed by atoms with Crippen molar-refractivity contribution in [1.29, 1.82) is 0 Å². The number of rotatable bonds is 6. The monoisotopic (exact) mass is 237 g/mol. The maximum atomic E-state index is 12.0. The Bertz CT molecular complexity index is 301. The molecule has 1 amide bonds. The molecule has 17 heavy (non-hydrogen) atoms. The molecule has 2 bridgehead atoms. The molecule has 3 heteroatoms. The average Bonchev–Trinajstić information content (AvgIpc) is 2.96. The Morgan fingerprint density at radius 1 is 1.47 bits per heavy atom. The van der Waals surface area contributed by atoms with E-state index in [-0.39, 0.29) is 18.4 Å². The topological polar surface area (TPSA) is 49.3 Å². The minimum atomic E-state index is 0.222. The van der Waals surface area contributed by atoms with Crippen LogP contribution in [0.15, 0.2) is 12.2 Å². The summed E-state index contributed by atoms with van der Waals surface area (Å²) in [6.45, 7) is 3.02. The highest BCUT2D eigenvalue weighted by Gasteiger charge is 2.39. The van der Waals surface area contributed by atoms with Gasteiger partial charge < -0.3 is 10.4 Å². The molecule has 0 saturated heterocycles. The summed E-state index contributed by atoms with van der Waals surface area (Å²) in [6, 6.07) is 0. The highest BCUT2D eigenvalue weighted by atomic mass is 16.3. The lowest BCUT2D eigenvalue weighted by Gasteiger charge is -2.17. The SMILES string of the molecule is CC(CO)CCCNC(=O)C1CC2C=CC1C2. The molecule has 0 aromatic carbocycles. The molecule has 0 heterocycles. The third-order valence-corrected chi connectivity index (χ3v) is 4.10. The van der Waals surface area contributed by atoms with Crippen LogP contribution < -0.4 is 5.32 Å². The number of carbonyl (C=O) groups excluding carboxylic acids is 1. The maximum absolute atomic E-state index is 12.0. The van der Waals surface area contributed by atoms with Crippen molar-refractivity contribution in [3.8, 4) is 0 Å². The van der Waals surface area contributed by atoms with Gasteiger partial charge in [0, 0.05) is 19.1 Å². The third kappa shape index (κ3) is 3.09. The smallest absolute Gasteiger partial charge is 0.223 e. The summed E-state index contributed by atoms with van der Waals surface area (Å²) in [7, 11) is 0. The number of amides is 1. The molecule has 0 aliphatic heterocycles. The van der Waals surface area contributed by atoms with Crippen LogP contribution in [0.25, 0.3) is 0 Å². The Kier molecular flexibility index (Phi) is 4.21. The lowest BCUT2D eigenvalue weighted by atomic mass is 9.93. The Balaban J connectivity index is 1.63. The van der Waals surface area contributed by atoms with E-state index in [1.807, 2.05) is 6.92 Å². The molecule has 3 nitrogen and oxygen atoms in total. The summed E-state index contributed by atoms with van der Waals surface area (Å²) in [4.78, 5) is 12.0. The van der Waals surface area contributed by atoms with Crippen molar-refractivity contribution in [2.45, 2.75) is 32.6 Å². The Morgan fingerprint density at radius 3 is 2.88 bits per heavy atom. The first-order valence-electron chi connectivity index (χ1n) is 6.77. The fraction of sp³-hybridized carbons (Fsp3) is 0.786. The van der Waals surface area contributed by atoms with Gasteiger partial charge in [-0.1, -0.05) is 19.1 Å². The molecule has 0 radical (unpaired) electrons. The summed E-state index contributed by atoms with van der Waals surface area (Å²) < 4.78 is 0. The van der Waals surface area contributed by atoms with Crippen LogP contribution in [0, 0.1) is 23.7 Å². The minimum absolute atomic E-state index is 0.222. The van der Waals surface area contributed by atoms with Crippen LogP contribution in [0.5, 0.6) is 0 Å². The number of hydrogen-bond acceptors (Lipinski definition) is 2. The molecule has 4 unspecified atom stereocenters. The molecule has 2 aliphatic carbocycles. The zero-order valence-electron chi connectivity index (χ0n) is 10.6. The Labute approximate surface area is 103 Å². The van der Waals surface area contributed by atoms with Crippen molar-refractivity contribution in [3.05, 3.63) is 12.2 Å². The normalized spacial score (nSPS) is 31.8. The first kappa shape index (κ1) is 12.6. The van der Waals surface area contributed by atoms with Gasteiger partial charge in [0.25, 0.3) is 0 Å². The first-order chi connectivity index (χ1) is 8.20. The summed E-state index contributed by atoms with van der Waals surface area (Å²) in [6.07, 6.45) is 8.64. The predicted molar refractivity (Wildman–Crippen MR) is 67.3 cm³/mol. The quantitative estimate of drug-likeness (QED) is 0.546. The lowest BCUT2D eigenvalue weighted by Crippen LogP contribution is -2.33. The standard InChI is InChI=1S/C14H23NO2/c1-10(9-16)3-2-6-15-14(17)13-8-11-4-5-12(13)7-11/h4-5,10-13,16H,2-3,6-9H2,1H3,(H,15,17). The number of hydrogen-bond donors (Lipinski definition) is 2. The fourth-order valence-corrected chi connectivity index (χ4v) is 2.97. The van der Waals surface area contributed by atoms with Crippen molar-refractivity contribution in [2.24, 2.45) is 23.7 Å². The Hall–Kier alpha value is -0.830. The van der Waals surface area contributed by atoms with E-state index in [2.05, 4.69) is 17.5 Å². The third-order valence-electron chi connectivity index (χ3n) is 4.10. The van der Waals surface area contributed by atoms with Gasteiger partial charge in [-0.05, 0) is 43.4 Å².